The fraction of sp³-hybridized carbons (Fsp3) is 0.250. The van der Waals surface area contributed by atoms with Gasteiger partial charge in [0.05, 0.1) is 11.0 Å². The highest BCUT2D eigenvalue weighted by atomic mass is 14.7. The summed E-state index contributed by atoms with van der Waals surface area (Å²) in [6.45, 7) is 4.49. The summed E-state index contributed by atoms with van der Waals surface area (Å²) in [5, 5.41) is 2.41. The minimum atomic E-state index is 0.543. The highest BCUT2D eigenvalue weighted by Crippen LogP contribution is 2.31. The first-order valence-corrected chi connectivity index (χ1v) is 6.43. The second-order valence-electron chi connectivity index (χ2n) is 4.75. The van der Waals surface area contributed by atoms with Crippen molar-refractivity contribution in [1.29, 1.82) is 0 Å². The number of hydrogen-bond acceptors (Lipinski definition) is 2. The van der Waals surface area contributed by atoms with E-state index < -0.39 is 0 Å². The second kappa shape index (κ2) is 4.37. The first kappa shape index (κ1) is 11.1. The van der Waals surface area contributed by atoms with Gasteiger partial charge in [-0.05, 0) is 36.1 Å². The molecule has 0 aliphatic carbocycles. The molecule has 0 amide bonds. The molecule has 2 nitrogen and oxygen atoms in total. The molecule has 1 aromatic carbocycles. The smallest absolute Gasteiger partial charge is 0.0967 e. The first-order chi connectivity index (χ1) is 8.81. The second-order valence-corrected chi connectivity index (χ2v) is 4.75. The molecule has 18 heavy (non-hydrogen) atoms. The Hall–Kier alpha value is -1.96. The van der Waals surface area contributed by atoms with E-state index in [2.05, 4.69) is 42.0 Å². The van der Waals surface area contributed by atoms with E-state index in [-0.39, 0.29) is 0 Å². The summed E-state index contributed by atoms with van der Waals surface area (Å²) in [4.78, 5) is 9.00. The molecule has 2 heteroatoms. The monoisotopic (exact) mass is 236 g/mol. The Balaban J connectivity index is 2.46. The van der Waals surface area contributed by atoms with Crippen LogP contribution < -0.4 is 0 Å². The van der Waals surface area contributed by atoms with Crippen LogP contribution in [0.1, 0.15) is 31.7 Å². The summed E-state index contributed by atoms with van der Waals surface area (Å²) in [7, 11) is 0. The van der Waals surface area contributed by atoms with Crippen LogP contribution in [0.5, 0.6) is 0 Å². The van der Waals surface area contributed by atoms with E-state index in [1.807, 2.05) is 24.5 Å². The summed E-state index contributed by atoms with van der Waals surface area (Å²) < 4.78 is 0. The number of pyridine rings is 2. The molecule has 2 aromatic heterocycles. The summed E-state index contributed by atoms with van der Waals surface area (Å²) >= 11 is 0. The van der Waals surface area contributed by atoms with E-state index in [0.29, 0.717) is 5.92 Å². The van der Waals surface area contributed by atoms with Crippen molar-refractivity contribution >= 4 is 21.8 Å². The lowest BCUT2D eigenvalue weighted by Crippen LogP contribution is -1.95. The third-order valence-corrected chi connectivity index (χ3v) is 3.64. The van der Waals surface area contributed by atoms with Crippen LogP contribution >= 0.6 is 0 Å². The van der Waals surface area contributed by atoms with Crippen molar-refractivity contribution in [3.05, 3.63) is 48.3 Å². The van der Waals surface area contributed by atoms with Crippen molar-refractivity contribution in [2.75, 3.05) is 0 Å². The van der Waals surface area contributed by atoms with E-state index in [9.17, 15) is 0 Å². The van der Waals surface area contributed by atoms with Crippen molar-refractivity contribution in [1.82, 2.24) is 9.97 Å². The fourth-order valence-corrected chi connectivity index (χ4v) is 2.43. The van der Waals surface area contributed by atoms with Gasteiger partial charge >= 0.3 is 0 Å². The number of benzene rings is 1. The molecular formula is C16H16N2. The maximum absolute atomic E-state index is 4.52. The predicted octanol–water partition coefficient (Wildman–Crippen LogP) is 4.30. The maximum Gasteiger partial charge on any atom is 0.0967 e. The van der Waals surface area contributed by atoms with Crippen LogP contribution in [0.15, 0.2) is 42.7 Å². The predicted molar refractivity (Wildman–Crippen MR) is 75.8 cm³/mol. The zero-order valence-electron chi connectivity index (χ0n) is 10.7. The van der Waals surface area contributed by atoms with Gasteiger partial charge in [-0.2, -0.15) is 0 Å². The molecule has 3 aromatic rings. The standard InChI is InChI=1S/C16H16N2/c1-3-11(2)14-10-12-6-4-8-17-15(12)16-13(14)7-5-9-18-16/h4-11H,3H2,1-2H3. The van der Waals surface area contributed by atoms with Crippen molar-refractivity contribution < 1.29 is 0 Å². The Bertz CT molecular complexity index is 704. The molecule has 2 heterocycles. The van der Waals surface area contributed by atoms with Crippen LogP contribution in [0.2, 0.25) is 0 Å². The van der Waals surface area contributed by atoms with Crippen molar-refractivity contribution in [2.24, 2.45) is 0 Å². The molecule has 1 unspecified atom stereocenters. The van der Waals surface area contributed by atoms with Gasteiger partial charge < -0.3 is 0 Å². The minimum absolute atomic E-state index is 0.543. The van der Waals surface area contributed by atoms with Crippen molar-refractivity contribution in [2.45, 2.75) is 26.2 Å². The van der Waals surface area contributed by atoms with Crippen molar-refractivity contribution in [3.8, 4) is 0 Å². The SMILES string of the molecule is CCC(C)c1cc2cccnc2c2ncccc12. The molecular weight excluding hydrogens is 220 g/mol. The zero-order valence-corrected chi connectivity index (χ0v) is 10.7. The van der Waals surface area contributed by atoms with E-state index in [1.54, 1.807) is 0 Å². The summed E-state index contributed by atoms with van der Waals surface area (Å²) in [5.74, 6) is 0.543. The van der Waals surface area contributed by atoms with Crippen LogP contribution in [0.3, 0.4) is 0 Å². The average Bonchev–Trinajstić information content (AvgIpc) is 2.45. The van der Waals surface area contributed by atoms with Gasteiger partial charge in [-0.25, -0.2) is 0 Å². The summed E-state index contributed by atoms with van der Waals surface area (Å²) in [5.41, 5.74) is 3.40. The number of nitrogens with zero attached hydrogens (tertiary/aromatic N) is 2. The number of hydrogen-bond donors (Lipinski definition) is 0. The fourth-order valence-electron chi connectivity index (χ4n) is 2.43. The minimum Gasteiger partial charge on any atom is -0.254 e. The molecule has 0 fully saturated rings. The Morgan fingerprint density at radius 3 is 2.56 bits per heavy atom. The normalized spacial score (nSPS) is 13.0. The van der Waals surface area contributed by atoms with Gasteiger partial charge in [0.15, 0.2) is 0 Å². The van der Waals surface area contributed by atoms with Gasteiger partial charge in [0, 0.05) is 23.2 Å². The Labute approximate surface area is 107 Å². The topological polar surface area (TPSA) is 25.8 Å². The molecule has 0 saturated heterocycles. The van der Waals surface area contributed by atoms with Gasteiger partial charge in [-0.15, -0.1) is 0 Å². The van der Waals surface area contributed by atoms with Crippen LogP contribution in [0.4, 0.5) is 0 Å². The molecule has 1 atom stereocenters. The highest BCUT2D eigenvalue weighted by Gasteiger charge is 2.11. The molecule has 0 aliphatic heterocycles. The van der Waals surface area contributed by atoms with Crippen LogP contribution in [0, 0.1) is 0 Å². The Kier molecular flexibility index (Phi) is 2.71. The lowest BCUT2D eigenvalue weighted by atomic mass is 9.93. The van der Waals surface area contributed by atoms with E-state index in [4.69, 9.17) is 0 Å². The lowest BCUT2D eigenvalue weighted by molar-refractivity contribution is 0.740. The van der Waals surface area contributed by atoms with E-state index in [0.717, 1.165) is 17.5 Å². The number of fused-ring (bicyclic) bond motifs is 3. The highest BCUT2D eigenvalue weighted by molar-refractivity contribution is 6.04. The third-order valence-electron chi connectivity index (χ3n) is 3.64. The molecule has 0 N–H and O–H groups in total. The molecule has 3 rings (SSSR count). The largest absolute Gasteiger partial charge is 0.254 e. The van der Waals surface area contributed by atoms with Gasteiger partial charge in [0.2, 0.25) is 0 Å². The average molecular weight is 236 g/mol. The summed E-state index contributed by atoms with van der Waals surface area (Å²) in [6, 6.07) is 10.5. The quantitative estimate of drug-likeness (QED) is 0.620. The summed E-state index contributed by atoms with van der Waals surface area (Å²) in [6.07, 6.45) is 4.81. The Morgan fingerprint density at radius 2 is 1.78 bits per heavy atom. The first-order valence-electron chi connectivity index (χ1n) is 6.43. The maximum atomic E-state index is 4.52. The lowest BCUT2D eigenvalue weighted by Gasteiger charge is -2.14. The van der Waals surface area contributed by atoms with E-state index >= 15 is 0 Å². The van der Waals surface area contributed by atoms with Gasteiger partial charge in [0.25, 0.3) is 0 Å². The molecule has 0 spiro atoms. The van der Waals surface area contributed by atoms with Gasteiger partial charge in [-0.3, -0.25) is 9.97 Å². The van der Waals surface area contributed by atoms with E-state index in [1.165, 1.54) is 16.3 Å². The molecule has 0 saturated carbocycles. The molecule has 0 bridgehead atoms. The van der Waals surface area contributed by atoms with Crippen LogP contribution in [0.25, 0.3) is 21.8 Å². The van der Waals surface area contributed by atoms with Crippen LogP contribution in [-0.4, -0.2) is 9.97 Å². The third kappa shape index (κ3) is 1.65. The van der Waals surface area contributed by atoms with Crippen molar-refractivity contribution in [3.63, 3.8) is 0 Å². The molecule has 0 aliphatic rings. The number of aromatic nitrogens is 2. The number of rotatable bonds is 2. The van der Waals surface area contributed by atoms with Crippen LogP contribution in [-0.2, 0) is 0 Å². The Morgan fingerprint density at radius 1 is 1.06 bits per heavy atom. The zero-order chi connectivity index (χ0) is 12.5. The molecule has 0 radical (unpaired) electrons. The van der Waals surface area contributed by atoms with Gasteiger partial charge in [0.1, 0.15) is 0 Å². The molecule has 90 valence electrons. The van der Waals surface area contributed by atoms with Gasteiger partial charge in [-0.1, -0.05) is 26.0 Å².